The fraction of sp³-hybridized carbons (Fsp3) is 0.214. The number of benzene rings is 2. The van der Waals surface area contributed by atoms with Crippen LogP contribution in [0.1, 0.15) is 10.4 Å². The molecular weight excluding hydrogens is 337 g/mol. The van der Waals surface area contributed by atoms with Gasteiger partial charge in [-0.15, -0.1) is 0 Å². The van der Waals surface area contributed by atoms with Crippen LogP contribution in [0, 0.1) is 0 Å². The molecule has 0 heterocycles. The topological polar surface area (TPSA) is 69.7 Å². The molecule has 0 fully saturated rings. The summed E-state index contributed by atoms with van der Waals surface area (Å²) in [4.78, 5) is 11.8. The molecule has 0 atom stereocenters. The van der Waals surface area contributed by atoms with Gasteiger partial charge in [0.2, 0.25) is 0 Å². The number of carbonyl (C=O) groups is 1. The van der Waals surface area contributed by atoms with Gasteiger partial charge in [-0.1, -0.05) is 18.2 Å². The highest BCUT2D eigenvalue weighted by molar-refractivity contribution is 7.87. The molecule has 0 saturated heterocycles. The molecule has 0 saturated carbocycles. The van der Waals surface area contributed by atoms with Crippen LogP contribution in [-0.4, -0.2) is 33.4 Å². The number of Topliss-reactive ketones (excluding diaryl/α,β-unsaturated/α-hetero) is 1. The van der Waals surface area contributed by atoms with Crippen molar-refractivity contribution in [1.29, 1.82) is 0 Å². The molecule has 0 unspecified atom stereocenters. The normalized spacial score (nSPS) is 12.3. The summed E-state index contributed by atoms with van der Waals surface area (Å²) >= 11 is 0. The summed E-state index contributed by atoms with van der Waals surface area (Å²) in [6.45, 7) is -1.22. The van der Waals surface area contributed by atoms with Crippen LogP contribution in [0.3, 0.4) is 0 Å². The Hall–Kier alpha value is -2.13. The maximum Gasteiger partial charge on any atom is 0.523 e. The van der Waals surface area contributed by atoms with E-state index in [4.69, 9.17) is 4.74 Å². The van der Waals surface area contributed by atoms with E-state index in [0.717, 1.165) is 5.39 Å². The van der Waals surface area contributed by atoms with E-state index in [0.29, 0.717) is 11.1 Å². The number of rotatable bonds is 5. The molecular formula is C14H11F3O5S. The van der Waals surface area contributed by atoms with Gasteiger partial charge in [-0.2, -0.15) is 21.6 Å². The smallest absolute Gasteiger partial charge is 0.497 e. The number of alkyl halides is 3. The molecule has 0 N–H and O–H groups in total. The number of halogens is 3. The molecule has 124 valence electrons. The van der Waals surface area contributed by atoms with Crippen molar-refractivity contribution < 1.29 is 35.3 Å². The summed E-state index contributed by atoms with van der Waals surface area (Å²) in [5.74, 6) is -0.272. The Bertz CT molecular complexity index is 843. The van der Waals surface area contributed by atoms with Gasteiger partial charge in [0.05, 0.1) is 7.11 Å². The monoisotopic (exact) mass is 348 g/mol. The Kier molecular flexibility index (Phi) is 4.62. The molecule has 0 radical (unpaired) electrons. The van der Waals surface area contributed by atoms with Crippen LogP contribution in [0.15, 0.2) is 36.4 Å². The lowest BCUT2D eigenvalue weighted by Gasteiger charge is -2.08. The highest BCUT2D eigenvalue weighted by atomic mass is 32.2. The van der Waals surface area contributed by atoms with Crippen LogP contribution in [0.2, 0.25) is 0 Å². The summed E-state index contributed by atoms with van der Waals surface area (Å²) in [5, 5.41) is 1.40. The molecule has 0 bridgehead atoms. The fourth-order valence-electron chi connectivity index (χ4n) is 1.81. The maximum atomic E-state index is 12.1. The van der Waals surface area contributed by atoms with Crippen molar-refractivity contribution in [1.82, 2.24) is 0 Å². The highest BCUT2D eigenvalue weighted by Crippen LogP contribution is 2.25. The summed E-state index contributed by atoms with van der Waals surface area (Å²) in [6.07, 6.45) is 0. The Labute approximate surface area is 129 Å². The maximum absolute atomic E-state index is 12.1. The summed E-state index contributed by atoms with van der Waals surface area (Å²) in [5.41, 5.74) is -5.52. The third kappa shape index (κ3) is 3.80. The van der Waals surface area contributed by atoms with E-state index in [9.17, 15) is 26.4 Å². The Morgan fingerprint density at radius 1 is 1.09 bits per heavy atom. The SMILES string of the molecule is COc1ccc2cc(C(=O)COS(=O)(=O)C(F)(F)F)ccc2c1. The Morgan fingerprint density at radius 3 is 2.30 bits per heavy atom. The lowest BCUT2D eigenvalue weighted by atomic mass is 10.0. The van der Waals surface area contributed by atoms with E-state index in [-0.39, 0.29) is 5.56 Å². The average Bonchev–Trinajstić information content (AvgIpc) is 2.50. The third-order valence-electron chi connectivity index (χ3n) is 3.00. The number of hydrogen-bond acceptors (Lipinski definition) is 5. The van der Waals surface area contributed by atoms with Crippen molar-refractivity contribution in [2.75, 3.05) is 13.7 Å². The Morgan fingerprint density at radius 2 is 1.70 bits per heavy atom. The van der Waals surface area contributed by atoms with Crippen molar-refractivity contribution in [2.24, 2.45) is 0 Å². The van der Waals surface area contributed by atoms with E-state index in [1.54, 1.807) is 24.3 Å². The number of ketones is 1. The number of fused-ring (bicyclic) bond motifs is 1. The zero-order chi connectivity index (χ0) is 17.3. The lowest BCUT2D eigenvalue weighted by Crippen LogP contribution is -2.27. The first-order valence-corrected chi connectivity index (χ1v) is 7.61. The number of methoxy groups -OCH3 is 1. The van der Waals surface area contributed by atoms with Crippen LogP contribution in [0.5, 0.6) is 5.75 Å². The second kappa shape index (κ2) is 6.17. The molecule has 0 aliphatic carbocycles. The van der Waals surface area contributed by atoms with Gasteiger partial charge in [0.1, 0.15) is 12.4 Å². The summed E-state index contributed by atoms with van der Waals surface area (Å²) in [7, 11) is -4.29. The van der Waals surface area contributed by atoms with Crippen molar-refractivity contribution in [3.05, 3.63) is 42.0 Å². The average molecular weight is 348 g/mol. The van der Waals surface area contributed by atoms with E-state index >= 15 is 0 Å². The largest absolute Gasteiger partial charge is 0.523 e. The van der Waals surface area contributed by atoms with Gasteiger partial charge in [-0.25, -0.2) is 0 Å². The Balaban J connectivity index is 2.19. The summed E-state index contributed by atoms with van der Waals surface area (Å²) in [6, 6.07) is 9.41. The standard InChI is InChI=1S/C14H11F3O5S/c1-21-12-5-4-9-6-11(3-2-10(9)7-12)13(18)8-22-23(19,20)14(15,16)17/h2-7H,8H2,1H3. The molecule has 23 heavy (non-hydrogen) atoms. The predicted molar refractivity (Wildman–Crippen MR) is 75.8 cm³/mol. The van der Waals surface area contributed by atoms with Crippen LogP contribution in [0.25, 0.3) is 10.8 Å². The molecule has 0 spiro atoms. The van der Waals surface area contributed by atoms with E-state index in [1.807, 2.05) is 0 Å². The zero-order valence-electron chi connectivity index (χ0n) is 11.8. The zero-order valence-corrected chi connectivity index (χ0v) is 12.6. The van der Waals surface area contributed by atoms with Crippen molar-refractivity contribution >= 4 is 26.7 Å². The molecule has 2 aromatic carbocycles. The molecule has 2 aromatic rings. The molecule has 0 aliphatic rings. The van der Waals surface area contributed by atoms with Gasteiger partial charge in [0, 0.05) is 5.56 Å². The fourth-order valence-corrected chi connectivity index (χ4v) is 2.20. The first-order chi connectivity index (χ1) is 10.6. The molecule has 0 aliphatic heterocycles. The minimum absolute atomic E-state index is 0.0417. The molecule has 2 rings (SSSR count). The van der Waals surface area contributed by atoms with Gasteiger partial charge in [0.25, 0.3) is 0 Å². The van der Waals surface area contributed by atoms with Crippen molar-refractivity contribution in [3.8, 4) is 5.75 Å². The summed E-state index contributed by atoms with van der Waals surface area (Å²) < 4.78 is 66.7. The predicted octanol–water partition coefficient (Wildman–Crippen LogP) is 2.90. The third-order valence-corrected chi connectivity index (χ3v) is 3.99. The van der Waals surface area contributed by atoms with Gasteiger partial charge in [-0.05, 0) is 29.0 Å². The molecule has 9 heteroatoms. The minimum Gasteiger partial charge on any atom is -0.497 e. The number of carbonyl (C=O) groups excluding carboxylic acids is 1. The number of ether oxygens (including phenoxy) is 1. The quantitative estimate of drug-likeness (QED) is 0.472. The van der Waals surface area contributed by atoms with Crippen LogP contribution in [-0.2, 0) is 14.3 Å². The number of hydrogen-bond donors (Lipinski definition) is 0. The van der Waals surface area contributed by atoms with Crippen molar-refractivity contribution in [3.63, 3.8) is 0 Å². The van der Waals surface area contributed by atoms with Gasteiger partial charge >= 0.3 is 15.6 Å². The minimum atomic E-state index is -5.79. The van der Waals surface area contributed by atoms with E-state index in [1.165, 1.54) is 19.2 Å². The first kappa shape index (κ1) is 17.2. The highest BCUT2D eigenvalue weighted by Gasteiger charge is 2.47. The van der Waals surface area contributed by atoms with Crippen molar-refractivity contribution in [2.45, 2.75) is 5.51 Å². The van der Waals surface area contributed by atoms with E-state index < -0.39 is 28.0 Å². The van der Waals surface area contributed by atoms with Crippen LogP contribution in [0.4, 0.5) is 13.2 Å². The molecule has 0 amide bonds. The molecule has 0 aromatic heterocycles. The van der Waals surface area contributed by atoms with Gasteiger partial charge in [-0.3, -0.25) is 8.98 Å². The first-order valence-electron chi connectivity index (χ1n) is 6.21. The van der Waals surface area contributed by atoms with Gasteiger partial charge in [0.15, 0.2) is 5.78 Å². The van der Waals surface area contributed by atoms with Gasteiger partial charge < -0.3 is 4.74 Å². The van der Waals surface area contributed by atoms with Crippen LogP contribution >= 0.6 is 0 Å². The second-order valence-electron chi connectivity index (χ2n) is 4.51. The van der Waals surface area contributed by atoms with Crippen LogP contribution < -0.4 is 4.74 Å². The van der Waals surface area contributed by atoms with E-state index in [2.05, 4.69) is 4.18 Å². The molecule has 5 nitrogen and oxygen atoms in total. The second-order valence-corrected chi connectivity index (χ2v) is 6.12. The lowest BCUT2D eigenvalue weighted by molar-refractivity contribution is -0.0536.